The molecule has 1 aliphatic carbocycles. The van der Waals surface area contributed by atoms with Gasteiger partial charge in [-0.3, -0.25) is 9.88 Å². The van der Waals surface area contributed by atoms with Crippen LogP contribution >= 0.6 is 0 Å². The summed E-state index contributed by atoms with van der Waals surface area (Å²) in [6, 6.07) is 11.2. The zero-order chi connectivity index (χ0) is 15.4. The molecule has 3 rings (SSSR count). The Bertz CT molecular complexity index is 598. The van der Waals surface area contributed by atoms with Crippen LogP contribution in [0.15, 0.2) is 42.7 Å². The number of rotatable bonds is 5. The van der Waals surface area contributed by atoms with E-state index >= 15 is 0 Å². The van der Waals surface area contributed by atoms with Crippen LogP contribution in [0.25, 0.3) is 0 Å². The number of aryl methyl sites for hydroxylation is 1. The number of hydrogen-bond donors (Lipinski definition) is 0. The quantitative estimate of drug-likeness (QED) is 0.845. The van der Waals surface area contributed by atoms with Gasteiger partial charge in [0.2, 0.25) is 0 Å². The van der Waals surface area contributed by atoms with Crippen molar-refractivity contribution in [2.75, 3.05) is 13.7 Å². The van der Waals surface area contributed by atoms with Crippen molar-refractivity contribution in [1.29, 1.82) is 0 Å². The molecular formula is C19H24N2O. The molecule has 0 saturated heterocycles. The largest absolute Gasteiger partial charge is 0.496 e. The van der Waals surface area contributed by atoms with E-state index in [9.17, 15) is 0 Å². The average Bonchev–Trinajstić information content (AvgIpc) is 2.59. The highest BCUT2D eigenvalue weighted by molar-refractivity contribution is 5.42. The third-order valence-electron chi connectivity index (χ3n) is 4.69. The van der Waals surface area contributed by atoms with Gasteiger partial charge in [-0.15, -0.1) is 0 Å². The molecule has 1 aliphatic rings. The summed E-state index contributed by atoms with van der Waals surface area (Å²) in [4.78, 5) is 6.68. The van der Waals surface area contributed by atoms with Crippen LogP contribution in [0.3, 0.4) is 0 Å². The van der Waals surface area contributed by atoms with Crippen molar-refractivity contribution >= 4 is 0 Å². The summed E-state index contributed by atoms with van der Waals surface area (Å²) in [6.07, 6.45) is 7.20. The van der Waals surface area contributed by atoms with E-state index < -0.39 is 0 Å². The van der Waals surface area contributed by atoms with E-state index in [4.69, 9.17) is 4.74 Å². The minimum Gasteiger partial charge on any atom is -0.496 e. The number of benzene rings is 1. The van der Waals surface area contributed by atoms with Crippen molar-refractivity contribution in [3.8, 4) is 5.75 Å². The number of ether oxygens (including phenoxy) is 1. The number of methoxy groups -OCH3 is 1. The molecular weight excluding hydrogens is 272 g/mol. The summed E-state index contributed by atoms with van der Waals surface area (Å²) in [5.41, 5.74) is 4.19. The zero-order valence-electron chi connectivity index (χ0n) is 13.5. The van der Waals surface area contributed by atoms with E-state index in [-0.39, 0.29) is 0 Å². The lowest BCUT2D eigenvalue weighted by Crippen LogP contribution is -2.38. The number of pyridine rings is 1. The highest BCUT2D eigenvalue weighted by Crippen LogP contribution is 2.31. The molecule has 116 valence electrons. The maximum Gasteiger partial charge on any atom is 0.122 e. The van der Waals surface area contributed by atoms with E-state index in [1.54, 1.807) is 7.11 Å². The van der Waals surface area contributed by atoms with Gasteiger partial charge in [0.15, 0.2) is 0 Å². The van der Waals surface area contributed by atoms with Crippen LogP contribution in [-0.4, -0.2) is 29.6 Å². The van der Waals surface area contributed by atoms with Gasteiger partial charge in [-0.1, -0.05) is 19.1 Å². The summed E-state index contributed by atoms with van der Waals surface area (Å²) >= 11 is 0. The highest BCUT2D eigenvalue weighted by atomic mass is 16.5. The Labute approximate surface area is 132 Å². The Kier molecular flexibility index (Phi) is 4.74. The molecule has 0 spiro atoms. The second kappa shape index (κ2) is 6.93. The minimum absolute atomic E-state index is 0.585. The first-order chi connectivity index (χ1) is 10.8. The normalized spacial score (nSPS) is 17.3. The molecule has 0 saturated carbocycles. The molecule has 2 aromatic rings. The van der Waals surface area contributed by atoms with Crippen LogP contribution in [0, 0.1) is 0 Å². The van der Waals surface area contributed by atoms with Crippen molar-refractivity contribution < 1.29 is 4.74 Å². The number of aromatic nitrogens is 1. The van der Waals surface area contributed by atoms with E-state index in [1.807, 2.05) is 12.4 Å². The Morgan fingerprint density at radius 2 is 2.05 bits per heavy atom. The van der Waals surface area contributed by atoms with Crippen LogP contribution in [0.2, 0.25) is 0 Å². The van der Waals surface area contributed by atoms with E-state index in [2.05, 4.69) is 47.1 Å². The monoisotopic (exact) mass is 296 g/mol. The molecule has 0 aliphatic heterocycles. The number of likely N-dealkylation sites (N-methyl/N-ethyl adjacent to an activating group) is 1. The number of nitrogens with zero attached hydrogens (tertiary/aromatic N) is 2. The molecule has 1 aromatic heterocycles. The summed E-state index contributed by atoms with van der Waals surface area (Å²) < 4.78 is 5.57. The van der Waals surface area contributed by atoms with Gasteiger partial charge in [0, 0.05) is 25.0 Å². The van der Waals surface area contributed by atoms with Gasteiger partial charge < -0.3 is 4.74 Å². The molecule has 0 amide bonds. The first-order valence-electron chi connectivity index (χ1n) is 8.09. The fraction of sp³-hybridized carbons (Fsp3) is 0.421. The van der Waals surface area contributed by atoms with Gasteiger partial charge in [-0.25, -0.2) is 0 Å². The lowest BCUT2D eigenvalue weighted by molar-refractivity contribution is 0.179. The van der Waals surface area contributed by atoms with Gasteiger partial charge in [-0.2, -0.15) is 0 Å². The van der Waals surface area contributed by atoms with Gasteiger partial charge in [0.25, 0.3) is 0 Å². The maximum atomic E-state index is 5.57. The van der Waals surface area contributed by atoms with Gasteiger partial charge >= 0.3 is 0 Å². The summed E-state index contributed by atoms with van der Waals surface area (Å²) in [5, 5.41) is 0. The molecule has 3 heteroatoms. The number of fused-ring (bicyclic) bond motifs is 1. The van der Waals surface area contributed by atoms with Crippen molar-refractivity contribution in [2.45, 2.75) is 38.8 Å². The molecule has 0 radical (unpaired) electrons. The third-order valence-corrected chi connectivity index (χ3v) is 4.69. The second-order valence-electron chi connectivity index (χ2n) is 5.91. The number of hydrogen-bond acceptors (Lipinski definition) is 3. The highest BCUT2D eigenvalue weighted by Gasteiger charge is 2.25. The molecule has 1 atom stereocenters. The van der Waals surface area contributed by atoms with Crippen molar-refractivity contribution in [2.24, 2.45) is 0 Å². The standard InChI is InChI=1S/C19H24N2O/c1-3-21(14-15-9-11-20-12-10-15)17-8-7-16-5-4-6-19(22-2)18(16)13-17/h4-6,9-12,17H,3,7-8,13-14H2,1-2H3. The molecule has 1 aromatic carbocycles. The van der Waals surface area contributed by atoms with E-state index in [0.29, 0.717) is 6.04 Å². The average molecular weight is 296 g/mol. The fourth-order valence-corrected chi connectivity index (χ4v) is 3.46. The third kappa shape index (κ3) is 3.14. The molecule has 0 bridgehead atoms. The molecule has 0 fully saturated rings. The minimum atomic E-state index is 0.585. The zero-order valence-corrected chi connectivity index (χ0v) is 13.5. The van der Waals surface area contributed by atoms with Crippen LogP contribution < -0.4 is 4.74 Å². The Morgan fingerprint density at radius 3 is 2.77 bits per heavy atom. The first-order valence-corrected chi connectivity index (χ1v) is 8.09. The maximum absolute atomic E-state index is 5.57. The van der Waals surface area contributed by atoms with Crippen LogP contribution in [0.5, 0.6) is 5.75 Å². The van der Waals surface area contributed by atoms with Gasteiger partial charge in [0.1, 0.15) is 5.75 Å². The van der Waals surface area contributed by atoms with Gasteiger partial charge in [-0.05, 0) is 60.7 Å². The Balaban J connectivity index is 1.77. The Hall–Kier alpha value is -1.87. The summed E-state index contributed by atoms with van der Waals surface area (Å²) in [7, 11) is 1.77. The van der Waals surface area contributed by atoms with Gasteiger partial charge in [0.05, 0.1) is 7.11 Å². The van der Waals surface area contributed by atoms with Crippen LogP contribution in [0.4, 0.5) is 0 Å². The van der Waals surface area contributed by atoms with Crippen molar-refractivity contribution in [3.63, 3.8) is 0 Å². The lowest BCUT2D eigenvalue weighted by atomic mass is 9.86. The Morgan fingerprint density at radius 1 is 1.23 bits per heavy atom. The smallest absolute Gasteiger partial charge is 0.122 e. The van der Waals surface area contributed by atoms with Crippen LogP contribution in [0.1, 0.15) is 30.0 Å². The predicted octanol–water partition coefficient (Wildman–Crippen LogP) is 3.47. The SMILES string of the molecule is CCN(Cc1ccncc1)C1CCc2cccc(OC)c2C1. The first kappa shape index (κ1) is 15.0. The fourth-order valence-electron chi connectivity index (χ4n) is 3.46. The molecule has 1 heterocycles. The molecule has 1 unspecified atom stereocenters. The summed E-state index contributed by atoms with van der Waals surface area (Å²) in [5.74, 6) is 1.04. The second-order valence-corrected chi connectivity index (χ2v) is 5.91. The van der Waals surface area contributed by atoms with Crippen molar-refractivity contribution in [1.82, 2.24) is 9.88 Å². The molecule has 3 nitrogen and oxygen atoms in total. The van der Waals surface area contributed by atoms with Crippen LogP contribution in [-0.2, 0) is 19.4 Å². The predicted molar refractivity (Wildman–Crippen MR) is 89.1 cm³/mol. The van der Waals surface area contributed by atoms with Crippen molar-refractivity contribution in [3.05, 3.63) is 59.4 Å². The summed E-state index contributed by atoms with van der Waals surface area (Å²) in [6.45, 7) is 4.31. The lowest BCUT2D eigenvalue weighted by Gasteiger charge is -2.35. The molecule has 22 heavy (non-hydrogen) atoms. The van der Waals surface area contributed by atoms with E-state index in [1.165, 1.54) is 23.1 Å². The molecule has 0 N–H and O–H groups in total. The van der Waals surface area contributed by atoms with E-state index in [0.717, 1.165) is 31.7 Å². The topological polar surface area (TPSA) is 25.4 Å².